The number of halogens is 1. The summed E-state index contributed by atoms with van der Waals surface area (Å²) in [6.07, 6.45) is 11.7. The lowest BCUT2D eigenvalue weighted by Gasteiger charge is -2.09. The minimum atomic E-state index is -0.106. The van der Waals surface area contributed by atoms with Crippen molar-refractivity contribution in [2.24, 2.45) is 0 Å². The molecule has 0 radical (unpaired) electrons. The van der Waals surface area contributed by atoms with E-state index in [2.05, 4.69) is 29.8 Å². The van der Waals surface area contributed by atoms with Crippen molar-refractivity contribution >= 4 is 21.9 Å². The number of esters is 1. The maximum Gasteiger partial charge on any atom is 0.319 e. The summed E-state index contributed by atoms with van der Waals surface area (Å²) in [7, 11) is 0. The van der Waals surface area contributed by atoms with Gasteiger partial charge in [0.15, 0.2) is 0 Å². The highest BCUT2D eigenvalue weighted by atomic mass is 79.9. The quantitative estimate of drug-likeness (QED) is 0.279. The van der Waals surface area contributed by atoms with Gasteiger partial charge < -0.3 is 4.74 Å². The van der Waals surface area contributed by atoms with Gasteiger partial charge in [0.1, 0.15) is 4.83 Å². The van der Waals surface area contributed by atoms with Gasteiger partial charge in [-0.15, -0.1) is 0 Å². The van der Waals surface area contributed by atoms with Crippen molar-refractivity contribution in [3.8, 4) is 0 Å². The first-order valence-electron chi connectivity index (χ1n) is 7.53. The summed E-state index contributed by atoms with van der Waals surface area (Å²) in [6.45, 7) is 4.98. The summed E-state index contributed by atoms with van der Waals surface area (Å²) < 4.78 is 5.26. The van der Waals surface area contributed by atoms with Gasteiger partial charge in [-0.2, -0.15) is 0 Å². The van der Waals surface area contributed by atoms with Crippen LogP contribution in [-0.2, 0) is 9.53 Å². The second-order valence-corrected chi connectivity index (χ2v) is 6.00. The molecule has 0 heterocycles. The number of ether oxygens (including phenoxy) is 1. The molecule has 0 aromatic carbocycles. The van der Waals surface area contributed by atoms with Crippen LogP contribution in [0.1, 0.15) is 78.1 Å². The van der Waals surface area contributed by atoms with E-state index >= 15 is 0 Å². The molecule has 0 bridgehead atoms. The molecule has 108 valence electrons. The van der Waals surface area contributed by atoms with E-state index in [1.807, 2.05) is 0 Å². The summed E-state index contributed by atoms with van der Waals surface area (Å²) in [5, 5.41) is 0. The van der Waals surface area contributed by atoms with E-state index in [0.717, 1.165) is 19.3 Å². The highest BCUT2D eigenvalue weighted by Gasteiger charge is 2.15. The predicted octanol–water partition coefficient (Wildman–Crippen LogP) is 5.23. The number of carbonyl (C=O) groups is 1. The standard InChI is InChI=1S/C15H29BrO2/c1-3-5-7-9-11-13-18-15(17)14(16)12-10-8-6-4-2/h14H,3-13H2,1-2H3. The topological polar surface area (TPSA) is 26.3 Å². The number of rotatable bonds is 12. The van der Waals surface area contributed by atoms with Crippen LogP contribution in [-0.4, -0.2) is 17.4 Å². The van der Waals surface area contributed by atoms with Gasteiger partial charge in [0.2, 0.25) is 0 Å². The first-order chi connectivity index (χ1) is 8.72. The third-order valence-corrected chi connectivity index (χ3v) is 3.89. The van der Waals surface area contributed by atoms with Gasteiger partial charge in [-0.25, -0.2) is 0 Å². The van der Waals surface area contributed by atoms with Crippen LogP contribution in [0.2, 0.25) is 0 Å². The lowest BCUT2D eigenvalue weighted by atomic mass is 10.1. The fourth-order valence-electron chi connectivity index (χ4n) is 1.84. The zero-order valence-electron chi connectivity index (χ0n) is 12.0. The van der Waals surface area contributed by atoms with E-state index in [-0.39, 0.29) is 10.8 Å². The third kappa shape index (κ3) is 11.1. The zero-order valence-corrected chi connectivity index (χ0v) is 13.6. The van der Waals surface area contributed by atoms with Crippen molar-refractivity contribution in [1.82, 2.24) is 0 Å². The maximum absolute atomic E-state index is 11.6. The molecule has 1 atom stereocenters. The van der Waals surface area contributed by atoms with Crippen molar-refractivity contribution in [3.05, 3.63) is 0 Å². The number of hydrogen-bond acceptors (Lipinski definition) is 2. The summed E-state index contributed by atoms with van der Waals surface area (Å²) in [6, 6.07) is 0. The Morgan fingerprint density at radius 1 is 0.944 bits per heavy atom. The molecule has 0 saturated heterocycles. The van der Waals surface area contributed by atoms with Gasteiger partial charge in [-0.1, -0.05) is 81.1 Å². The second kappa shape index (κ2) is 13.4. The lowest BCUT2D eigenvalue weighted by molar-refractivity contribution is -0.143. The monoisotopic (exact) mass is 320 g/mol. The van der Waals surface area contributed by atoms with E-state index in [4.69, 9.17) is 4.74 Å². The number of alkyl halides is 1. The van der Waals surface area contributed by atoms with Crippen LogP contribution in [0, 0.1) is 0 Å². The Morgan fingerprint density at radius 2 is 1.50 bits per heavy atom. The Kier molecular flexibility index (Phi) is 13.3. The molecule has 0 aromatic heterocycles. The molecule has 0 aromatic rings. The molecule has 0 N–H and O–H groups in total. The average molecular weight is 321 g/mol. The molecule has 0 saturated carbocycles. The average Bonchev–Trinajstić information content (AvgIpc) is 2.38. The van der Waals surface area contributed by atoms with E-state index in [1.54, 1.807) is 0 Å². The van der Waals surface area contributed by atoms with E-state index in [1.165, 1.54) is 44.9 Å². The summed E-state index contributed by atoms with van der Waals surface area (Å²) >= 11 is 3.41. The van der Waals surface area contributed by atoms with E-state index in [9.17, 15) is 4.79 Å². The van der Waals surface area contributed by atoms with Crippen molar-refractivity contribution in [2.45, 2.75) is 82.9 Å². The number of carbonyl (C=O) groups excluding carboxylic acids is 1. The van der Waals surface area contributed by atoms with Gasteiger partial charge in [0.25, 0.3) is 0 Å². The van der Waals surface area contributed by atoms with Crippen LogP contribution in [0.3, 0.4) is 0 Å². The third-order valence-electron chi connectivity index (χ3n) is 3.06. The van der Waals surface area contributed by atoms with Crippen LogP contribution < -0.4 is 0 Å². The molecule has 0 aliphatic heterocycles. The molecule has 0 spiro atoms. The minimum absolute atomic E-state index is 0.0815. The zero-order chi connectivity index (χ0) is 13.6. The van der Waals surface area contributed by atoms with Crippen LogP contribution in [0.25, 0.3) is 0 Å². The van der Waals surface area contributed by atoms with Crippen molar-refractivity contribution in [3.63, 3.8) is 0 Å². The van der Waals surface area contributed by atoms with Gasteiger partial charge in [0, 0.05) is 0 Å². The molecular weight excluding hydrogens is 292 g/mol. The molecule has 3 heteroatoms. The van der Waals surface area contributed by atoms with Gasteiger partial charge >= 0.3 is 5.97 Å². The molecule has 18 heavy (non-hydrogen) atoms. The predicted molar refractivity (Wildman–Crippen MR) is 81.2 cm³/mol. The first kappa shape index (κ1) is 17.9. The molecule has 0 rings (SSSR count). The second-order valence-electron chi connectivity index (χ2n) is 4.90. The van der Waals surface area contributed by atoms with Crippen LogP contribution in [0.5, 0.6) is 0 Å². The minimum Gasteiger partial charge on any atom is -0.465 e. The van der Waals surface area contributed by atoms with Gasteiger partial charge in [0.05, 0.1) is 6.61 Å². The molecule has 0 fully saturated rings. The molecule has 0 aliphatic rings. The van der Waals surface area contributed by atoms with E-state index in [0.29, 0.717) is 6.61 Å². The molecule has 0 aliphatic carbocycles. The van der Waals surface area contributed by atoms with Crippen molar-refractivity contribution in [1.29, 1.82) is 0 Å². The fraction of sp³-hybridized carbons (Fsp3) is 0.933. The highest BCUT2D eigenvalue weighted by molar-refractivity contribution is 9.10. The van der Waals surface area contributed by atoms with E-state index < -0.39 is 0 Å². The van der Waals surface area contributed by atoms with Crippen LogP contribution >= 0.6 is 15.9 Å². The Bertz CT molecular complexity index is 195. The first-order valence-corrected chi connectivity index (χ1v) is 8.44. The molecule has 1 unspecified atom stereocenters. The van der Waals surface area contributed by atoms with Crippen LogP contribution in [0.4, 0.5) is 0 Å². The van der Waals surface area contributed by atoms with Crippen LogP contribution in [0.15, 0.2) is 0 Å². The Hall–Kier alpha value is -0.0500. The SMILES string of the molecule is CCCCCCCOC(=O)C(Br)CCCCCC. The Morgan fingerprint density at radius 3 is 2.11 bits per heavy atom. The summed E-state index contributed by atoms with van der Waals surface area (Å²) in [4.78, 5) is 11.5. The Labute approximate surface area is 121 Å². The number of unbranched alkanes of at least 4 members (excludes halogenated alkanes) is 7. The van der Waals surface area contributed by atoms with Crippen molar-refractivity contribution in [2.75, 3.05) is 6.61 Å². The fourth-order valence-corrected chi connectivity index (χ4v) is 2.29. The normalized spacial score (nSPS) is 12.4. The summed E-state index contributed by atoms with van der Waals surface area (Å²) in [5.41, 5.74) is 0. The van der Waals surface area contributed by atoms with Crippen molar-refractivity contribution < 1.29 is 9.53 Å². The maximum atomic E-state index is 11.6. The number of hydrogen-bond donors (Lipinski definition) is 0. The molecule has 0 amide bonds. The highest BCUT2D eigenvalue weighted by Crippen LogP contribution is 2.14. The molecular formula is C15H29BrO2. The molecule has 2 nitrogen and oxygen atoms in total. The van der Waals surface area contributed by atoms with Gasteiger partial charge in [-0.3, -0.25) is 4.79 Å². The smallest absolute Gasteiger partial charge is 0.319 e. The Balaban J connectivity index is 3.38. The summed E-state index contributed by atoms with van der Waals surface area (Å²) in [5.74, 6) is -0.0815. The largest absolute Gasteiger partial charge is 0.465 e. The lowest BCUT2D eigenvalue weighted by Crippen LogP contribution is -2.18. The van der Waals surface area contributed by atoms with Gasteiger partial charge in [-0.05, 0) is 12.8 Å².